The van der Waals surface area contributed by atoms with Gasteiger partial charge in [-0.3, -0.25) is 0 Å². The first-order valence-corrected chi connectivity index (χ1v) is 6.02. The highest BCUT2D eigenvalue weighted by Gasteiger charge is 2.43. The van der Waals surface area contributed by atoms with Gasteiger partial charge in [-0.15, -0.1) is 0 Å². The Morgan fingerprint density at radius 1 is 1.39 bits per heavy atom. The van der Waals surface area contributed by atoms with E-state index < -0.39 is 0 Å². The average Bonchev–Trinajstić information content (AvgIpc) is 2.95. The molecule has 1 heterocycles. The molecule has 1 aromatic carbocycles. The average molecular weight is 239 g/mol. The number of benzene rings is 1. The van der Waals surface area contributed by atoms with Crippen molar-refractivity contribution in [2.45, 2.75) is 31.6 Å². The van der Waals surface area contributed by atoms with Gasteiger partial charge in [0.1, 0.15) is 0 Å². The molecule has 0 N–H and O–H groups in total. The highest BCUT2D eigenvalue weighted by Crippen LogP contribution is 2.46. The molecule has 0 radical (unpaired) electrons. The normalized spacial score (nSPS) is 16.2. The molecule has 1 aliphatic carbocycles. The van der Waals surface area contributed by atoms with Gasteiger partial charge in [0.05, 0.1) is 12.5 Å². The number of hydrogen-bond donors (Lipinski definition) is 0. The second-order valence-corrected chi connectivity index (χ2v) is 4.98. The molecule has 0 atom stereocenters. The Balaban J connectivity index is 2.00. The fourth-order valence-corrected chi connectivity index (χ4v) is 1.96. The van der Waals surface area contributed by atoms with Crippen LogP contribution in [0.25, 0.3) is 11.5 Å². The van der Waals surface area contributed by atoms with Crippen LogP contribution in [0.3, 0.4) is 0 Å². The van der Waals surface area contributed by atoms with E-state index in [9.17, 15) is 0 Å². The molecule has 3 rings (SSSR count). The fourth-order valence-electron chi connectivity index (χ4n) is 1.96. The predicted octanol–water partition coefficient (Wildman–Crippen LogP) is 2.85. The highest BCUT2D eigenvalue weighted by molar-refractivity contribution is 5.59. The van der Waals surface area contributed by atoms with Gasteiger partial charge in [0, 0.05) is 11.0 Å². The van der Waals surface area contributed by atoms with Crippen LogP contribution in [0.1, 0.15) is 31.2 Å². The maximum Gasteiger partial charge on any atom is 0.258 e. The Bertz CT molecular complexity index is 620. The minimum atomic E-state index is 0.103. The van der Waals surface area contributed by atoms with Gasteiger partial charge in [-0.1, -0.05) is 30.3 Å². The van der Waals surface area contributed by atoms with E-state index in [0.29, 0.717) is 12.3 Å². The number of aromatic nitrogens is 2. The zero-order valence-corrected chi connectivity index (χ0v) is 10.2. The van der Waals surface area contributed by atoms with E-state index in [0.717, 1.165) is 29.8 Å². The third kappa shape index (κ3) is 1.78. The van der Waals surface area contributed by atoms with Crippen molar-refractivity contribution >= 4 is 0 Å². The van der Waals surface area contributed by atoms with Crippen molar-refractivity contribution in [3.05, 3.63) is 35.7 Å². The summed E-state index contributed by atoms with van der Waals surface area (Å²) in [4.78, 5) is 4.47. The van der Waals surface area contributed by atoms with Gasteiger partial charge >= 0.3 is 0 Å². The SMILES string of the molecule is CC1(c2noc(-c3ccccc3CC#N)n2)CC1. The minimum Gasteiger partial charge on any atom is -0.334 e. The molecular weight excluding hydrogens is 226 g/mol. The number of nitriles is 1. The van der Waals surface area contributed by atoms with Gasteiger partial charge in [-0.05, 0) is 24.5 Å². The smallest absolute Gasteiger partial charge is 0.258 e. The van der Waals surface area contributed by atoms with Crippen LogP contribution in [0.5, 0.6) is 0 Å². The predicted molar refractivity (Wildman–Crippen MR) is 65.6 cm³/mol. The molecule has 0 spiro atoms. The molecule has 4 heteroatoms. The van der Waals surface area contributed by atoms with E-state index in [4.69, 9.17) is 9.78 Å². The van der Waals surface area contributed by atoms with Crippen molar-refractivity contribution in [1.29, 1.82) is 5.26 Å². The molecule has 1 saturated carbocycles. The van der Waals surface area contributed by atoms with Crippen LogP contribution in [-0.2, 0) is 11.8 Å². The molecule has 90 valence electrons. The summed E-state index contributed by atoms with van der Waals surface area (Å²) in [6, 6.07) is 9.82. The van der Waals surface area contributed by atoms with Crippen molar-refractivity contribution < 1.29 is 4.52 Å². The summed E-state index contributed by atoms with van der Waals surface area (Å²) in [6.07, 6.45) is 2.59. The van der Waals surface area contributed by atoms with Gasteiger partial charge in [-0.2, -0.15) is 10.2 Å². The van der Waals surface area contributed by atoms with Crippen molar-refractivity contribution in [2.75, 3.05) is 0 Å². The Kier molecular flexibility index (Phi) is 2.41. The molecule has 0 aliphatic heterocycles. The van der Waals surface area contributed by atoms with Crippen LogP contribution in [0.15, 0.2) is 28.8 Å². The zero-order chi connectivity index (χ0) is 12.6. The summed E-state index contributed by atoms with van der Waals surface area (Å²) in [5, 5.41) is 12.9. The standard InChI is InChI=1S/C14H13N3O/c1-14(7-8-14)13-16-12(18-17-13)11-5-3-2-4-10(11)6-9-15/h2-5H,6-8H2,1H3. The number of rotatable bonds is 3. The van der Waals surface area contributed by atoms with Crippen LogP contribution in [-0.4, -0.2) is 10.1 Å². The molecule has 18 heavy (non-hydrogen) atoms. The van der Waals surface area contributed by atoms with E-state index in [-0.39, 0.29) is 5.41 Å². The Morgan fingerprint density at radius 3 is 2.89 bits per heavy atom. The number of nitrogens with zero attached hydrogens (tertiary/aromatic N) is 3. The van der Waals surface area contributed by atoms with E-state index in [1.54, 1.807) is 0 Å². The van der Waals surface area contributed by atoms with Crippen molar-refractivity contribution in [3.63, 3.8) is 0 Å². The third-order valence-corrected chi connectivity index (χ3v) is 3.48. The molecule has 2 aromatic rings. The van der Waals surface area contributed by atoms with Crippen molar-refractivity contribution in [2.24, 2.45) is 0 Å². The van der Waals surface area contributed by atoms with Crippen LogP contribution >= 0.6 is 0 Å². The maximum atomic E-state index is 8.82. The molecule has 0 bridgehead atoms. The summed E-state index contributed by atoms with van der Waals surface area (Å²) < 4.78 is 5.33. The second kappa shape index (κ2) is 3.95. The second-order valence-electron chi connectivity index (χ2n) is 4.98. The lowest BCUT2D eigenvalue weighted by Gasteiger charge is -2.01. The minimum absolute atomic E-state index is 0.103. The highest BCUT2D eigenvalue weighted by atomic mass is 16.5. The first-order chi connectivity index (χ1) is 8.73. The van der Waals surface area contributed by atoms with Crippen LogP contribution in [0.4, 0.5) is 0 Å². The van der Waals surface area contributed by atoms with Crippen molar-refractivity contribution in [1.82, 2.24) is 10.1 Å². The molecule has 0 unspecified atom stereocenters. The Labute approximate surface area is 105 Å². The lowest BCUT2D eigenvalue weighted by Crippen LogP contribution is -2.01. The van der Waals surface area contributed by atoms with Gasteiger partial charge in [0.25, 0.3) is 5.89 Å². The topological polar surface area (TPSA) is 62.7 Å². The van der Waals surface area contributed by atoms with Gasteiger partial charge in [0.2, 0.25) is 0 Å². The Hall–Kier alpha value is -2.15. The molecule has 4 nitrogen and oxygen atoms in total. The molecular formula is C14H13N3O. The van der Waals surface area contributed by atoms with E-state index in [1.165, 1.54) is 0 Å². The molecule has 1 aliphatic rings. The van der Waals surface area contributed by atoms with E-state index >= 15 is 0 Å². The summed E-state index contributed by atoms with van der Waals surface area (Å²) in [6.45, 7) is 2.14. The fraction of sp³-hybridized carbons (Fsp3) is 0.357. The quantitative estimate of drug-likeness (QED) is 0.826. The van der Waals surface area contributed by atoms with Crippen LogP contribution in [0, 0.1) is 11.3 Å². The molecule has 0 amide bonds. The van der Waals surface area contributed by atoms with Crippen molar-refractivity contribution in [3.8, 4) is 17.5 Å². The first-order valence-electron chi connectivity index (χ1n) is 6.02. The van der Waals surface area contributed by atoms with Crippen LogP contribution in [0.2, 0.25) is 0 Å². The third-order valence-electron chi connectivity index (χ3n) is 3.48. The largest absolute Gasteiger partial charge is 0.334 e. The number of hydrogen-bond acceptors (Lipinski definition) is 4. The summed E-state index contributed by atoms with van der Waals surface area (Å²) in [7, 11) is 0. The molecule has 1 fully saturated rings. The zero-order valence-electron chi connectivity index (χ0n) is 10.2. The van der Waals surface area contributed by atoms with Gasteiger partial charge < -0.3 is 4.52 Å². The monoisotopic (exact) mass is 239 g/mol. The van der Waals surface area contributed by atoms with Gasteiger partial charge in [-0.25, -0.2) is 0 Å². The molecule has 1 aromatic heterocycles. The lowest BCUT2D eigenvalue weighted by molar-refractivity contribution is 0.415. The summed E-state index contributed by atoms with van der Waals surface area (Å²) in [5.74, 6) is 1.30. The van der Waals surface area contributed by atoms with E-state index in [2.05, 4.69) is 23.1 Å². The Morgan fingerprint density at radius 2 is 2.17 bits per heavy atom. The maximum absolute atomic E-state index is 8.82. The summed E-state index contributed by atoms with van der Waals surface area (Å²) >= 11 is 0. The summed E-state index contributed by atoms with van der Waals surface area (Å²) in [5.41, 5.74) is 1.89. The van der Waals surface area contributed by atoms with Crippen LogP contribution < -0.4 is 0 Å². The van der Waals surface area contributed by atoms with Gasteiger partial charge in [0.15, 0.2) is 5.82 Å². The molecule has 0 saturated heterocycles. The lowest BCUT2D eigenvalue weighted by atomic mass is 10.1. The first kappa shape index (κ1) is 11.0. The van der Waals surface area contributed by atoms with E-state index in [1.807, 2.05) is 24.3 Å².